The van der Waals surface area contributed by atoms with E-state index in [1.165, 1.54) is 16.4 Å². The molecule has 1 aromatic carbocycles. The summed E-state index contributed by atoms with van der Waals surface area (Å²) in [5.74, 6) is -0.311. The number of hydrogen-bond acceptors (Lipinski definition) is 5. The zero-order valence-corrected chi connectivity index (χ0v) is 13.2. The first-order valence-electron chi connectivity index (χ1n) is 6.67. The Morgan fingerprint density at radius 1 is 1.41 bits per heavy atom. The summed E-state index contributed by atoms with van der Waals surface area (Å²) in [4.78, 5) is -0.514. The zero-order chi connectivity index (χ0) is 15.9. The average Bonchev–Trinajstić information content (AvgIpc) is 3.06. The van der Waals surface area contributed by atoms with Gasteiger partial charge in [-0.25, -0.2) is 12.8 Å². The first-order valence-corrected chi connectivity index (χ1v) is 8.49. The SMILES string of the molecule is Cc1nnc([C@@H]2CCCN2S(=O)(=O)c2c(F)cccc2Cl)o1. The highest BCUT2D eigenvalue weighted by atomic mass is 35.5. The van der Waals surface area contributed by atoms with Crippen LogP contribution in [0.15, 0.2) is 27.5 Å². The van der Waals surface area contributed by atoms with Gasteiger partial charge in [-0.15, -0.1) is 10.2 Å². The molecule has 0 N–H and O–H groups in total. The maximum atomic E-state index is 14.0. The van der Waals surface area contributed by atoms with Crippen molar-refractivity contribution >= 4 is 21.6 Å². The molecule has 0 amide bonds. The van der Waals surface area contributed by atoms with Crippen molar-refractivity contribution in [1.82, 2.24) is 14.5 Å². The average molecular weight is 346 g/mol. The second-order valence-electron chi connectivity index (χ2n) is 4.98. The van der Waals surface area contributed by atoms with Gasteiger partial charge in [0.25, 0.3) is 0 Å². The molecule has 2 aromatic rings. The molecule has 0 aliphatic carbocycles. The smallest absolute Gasteiger partial charge is 0.248 e. The van der Waals surface area contributed by atoms with Gasteiger partial charge in [-0.3, -0.25) is 0 Å². The third-order valence-electron chi connectivity index (χ3n) is 3.52. The van der Waals surface area contributed by atoms with Crippen molar-refractivity contribution in [3.63, 3.8) is 0 Å². The highest BCUT2D eigenvalue weighted by Gasteiger charge is 2.41. The first kappa shape index (κ1) is 15.4. The van der Waals surface area contributed by atoms with Crippen LogP contribution in [0.2, 0.25) is 5.02 Å². The van der Waals surface area contributed by atoms with Crippen molar-refractivity contribution in [3.8, 4) is 0 Å². The van der Waals surface area contributed by atoms with Gasteiger partial charge in [0, 0.05) is 13.5 Å². The van der Waals surface area contributed by atoms with E-state index in [1.807, 2.05) is 0 Å². The molecule has 22 heavy (non-hydrogen) atoms. The van der Waals surface area contributed by atoms with E-state index in [2.05, 4.69) is 10.2 Å². The maximum Gasteiger partial charge on any atom is 0.248 e. The van der Waals surface area contributed by atoms with Gasteiger partial charge in [0.2, 0.25) is 21.8 Å². The lowest BCUT2D eigenvalue weighted by Gasteiger charge is -2.22. The lowest BCUT2D eigenvalue weighted by molar-refractivity contribution is 0.323. The van der Waals surface area contributed by atoms with Crippen molar-refractivity contribution in [2.75, 3.05) is 6.54 Å². The van der Waals surface area contributed by atoms with E-state index in [-0.39, 0.29) is 17.5 Å². The molecular weight excluding hydrogens is 333 g/mol. The van der Waals surface area contributed by atoms with Crippen molar-refractivity contribution in [1.29, 1.82) is 0 Å². The molecule has 0 spiro atoms. The number of halogens is 2. The quantitative estimate of drug-likeness (QED) is 0.854. The van der Waals surface area contributed by atoms with Crippen molar-refractivity contribution < 1.29 is 17.2 Å². The summed E-state index contributed by atoms with van der Waals surface area (Å²) >= 11 is 5.89. The van der Waals surface area contributed by atoms with Crippen LogP contribution in [0.25, 0.3) is 0 Å². The minimum atomic E-state index is -4.09. The second-order valence-corrected chi connectivity index (χ2v) is 7.22. The van der Waals surface area contributed by atoms with Crippen molar-refractivity contribution in [2.45, 2.75) is 30.7 Å². The lowest BCUT2D eigenvalue weighted by atomic mass is 10.2. The number of nitrogens with zero attached hydrogens (tertiary/aromatic N) is 3. The fourth-order valence-electron chi connectivity index (χ4n) is 2.57. The minimum Gasteiger partial charge on any atom is -0.424 e. The Morgan fingerprint density at radius 2 is 2.18 bits per heavy atom. The van der Waals surface area contributed by atoms with Gasteiger partial charge in [0.1, 0.15) is 16.8 Å². The van der Waals surface area contributed by atoms with E-state index in [1.54, 1.807) is 6.92 Å². The van der Waals surface area contributed by atoms with Gasteiger partial charge in [-0.2, -0.15) is 4.31 Å². The van der Waals surface area contributed by atoms with Crippen LogP contribution in [0.4, 0.5) is 4.39 Å². The van der Waals surface area contributed by atoms with Crippen LogP contribution in [0.1, 0.15) is 30.7 Å². The van der Waals surface area contributed by atoms with Crippen LogP contribution in [0.3, 0.4) is 0 Å². The molecule has 1 atom stereocenters. The topological polar surface area (TPSA) is 76.3 Å². The second kappa shape index (κ2) is 5.60. The fourth-order valence-corrected chi connectivity index (χ4v) is 4.79. The number of rotatable bonds is 3. The van der Waals surface area contributed by atoms with Gasteiger partial charge >= 0.3 is 0 Å². The number of aryl methyl sites for hydroxylation is 1. The predicted octanol–water partition coefficient (Wildman–Crippen LogP) is 2.70. The monoisotopic (exact) mass is 345 g/mol. The van der Waals surface area contributed by atoms with Gasteiger partial charge < -0.3 is 4.42 Å². The summed E-state index contributed by atoms with van der Waals surface area (Å²) < 4.78 is 46.1. The molecule has 1 aliphatic rings. The highest BCUT2D eigenvalue weighted by molar-refractivity contribution is 7.89. The van der Waals surface area contributed by atoms with Crippen LogP contribution < -0.4 is 0 Å². The highest BCUT2D eigenvalue weighted by Crippen LogP contribution is 2.38. The molecule has 1 aromatic heterocycles. The fraction of sp³-hybridized carbons (Fsp3) is 0.385. The summed E-state index contributed by atoms with van der Waals surface area (Å²) in [6.07, 6.45) is 1.16. The number of hydrogen-bond donors (Lipinski definition) is 0. The molecule has 6 nitrogen and oxygen atoms in total. The molecule has 1 saturated heterocycles. The zero-order valence-electron chi connectivity index (χ0n) is 11.7. The van der Waals surface area contributed by atoms with E-state index in [0.29, 0.717) is 18.7 Å². The molecule has 2 heterocycles. The molecule has 0 unspecified atom stereocenters. The Morgan fingerprint density at radius 3 is 2.82 bits per heavy atom. The number of aromatic nitrogens is 2. The van der Waals surface area contributed by atoms with Crippen molar-refractivity contribution in [3.05, 3.63) is 40.8 Å². The molecule has 118 valence electrons. The van der Waals surface area contributed by atoms with E-state index >= 15 is 0 Å². The predicted molar refractivity (Wildman–Crippen MR) is 76.3 cm³/mol. The van der Waals surface area contributed by atoms with Crippen LogP contribution in [0, 0.1) is 12.7 Å². The Bertz CT molecular complexity index is 788. The molecule has 0 bridgehead atoms. The van der Waals surface area contributed by atoms with Crippen LogP contribution in [0.5, 0.6) is 0 Å². The lowest BCUT2D eigenvalue weighted by Crippen LogP contribution is -2.31. The summed E-state index contributed by atoms with van der Waals surface area (Å²) in [5.41, 5.74) is 0. The Balaban J connectivity index is 2.05. The summed E-state index contributed by atoms with van der Waals surface area (Å²) in [7, 11) is -4.09. The third-order valence-corrected chi connectivity index (χ3v) is 5.93. The minimum absolute atomic E-state index is 0.146. The Hall–Kier alpha value is -1.51. The number of benzene rings is 1. The normalized spacial score (nSPS) is 19.7. The number of sulfonamides is 1. The summed E-state index contributed by atoms with van der Waals surface area (Å²) in [6.45, 7) is 1.87. The van der Waals surface area contributed by atoms with Crippen LogP contribution in [-0.2, 0) is 10.0 Å². The summed E-state index contributed by atoms with van der Waals surface area (Å²) in [5, 5.41) is 7.45. The van der Waals surface area contributed by atoms with Crippen LogP contribution in [-0.4, -0.2) is 29.5 Å². The maximum absolute atomic E-state index is 14.0. The third kappa shape index (κ3) is 2.51. The molecule has 9 heteroatoms. The van der Waals surface area contributed by atoms with Gasteiger partial charge in [0.15, 0.2) is 0 Å². The van der Waals surface area contributed by atoms with Crippen molar-refractivity contribution in [2.24, 2.45) is 0 Å². The largest absolute Gasteiger partial charge is 0.424 e. The van der Waals surface area contributed by atoms with Crippen LogP contribution >= 0.6 is 11.6 Å². The Labute approximate surface area is 131 Å². The van der Waals surface area contributed by atoms with E-state index in [4.69, 9.17) is 16.0 Å². The van der Waals surface area contributed by atoms with Gasteiger partial charge in [0.05, 0.1) is 5.02 Å². The molecule has 0 saturated carbocycles. The molecular formula is C13H13ClFN3O3S. The van der Waals surface area contributed by atoms with E-state index in [0.717, 1.165) is 6.07 Å². The van der Waals surface area contributed by atoms with Gasteiger partial charge in [-0.1, -0.05) is 17.7 Å². The first-order chi connectivity index (χ1) is 10.4. The van der Waals surface area contributed by atoms with E-state index in [9.17, 15) is 12.8 Å². The van der Waals surface area contributed by atoms with Gasteiger partial charge in [-0.05, 0) is 25.0 Å². The molecule has 1 aliphatic heterocycles. The standard InChI is InChI=1S/C13H13ClFN3O3S/c1-8-16-17-13(21-8)11-6-3-7-18(11)22(19,20)12-9(14)4-2-5-10(12)15/h2,4-5,11H,3,6-7H2,1H3/t11-/m0/s1. The van der Waals surface area contributed by atoms with E-state index < -0.39 is 26.8 Å². The molecule has 3 rings (SSSR count). The molecule has 1 fully saturated rings. The Kier molecular flexibility index (Phi) is 3.92. The summed E-state index contributed by atoms with van der Waals surface area (Å²) in [6, 6.07) is 3.18. The molecule has 0 radical (unpaired) electrons.